The van der Waals surface area contributed by atoms with Gasteiger partial charge in [0.15, 0.2) is 5.65 Å². The van der Waals surface area contributed by atoms with Crippen LogP contribution in [0.2, 0.25) is 0 Å². The first-order valence-corrected chi connectivity index (χ1v) is 11.6. The average Bonchev–Trinajstić information content (AvgIpc) is 3.32. The van der Waals surface area contributed by atoms with Crippen LogP contribution < -0.4 is 4.74 Å². The van der Waals surface area contributed by atoms with Gasteiger partial charge in [0, 0.05) is 30.8 Å². The number of ether oxygens (including phenoxy) is 1. The van der Waals surface area contributed by atoms with Crippen molar-refractivity contribution in [3.63, 3.8) is 0 Å². The van der Waals surface area contributed by atoms with Crippen LogP contribution in [0.25, 0.3) is 11.2 Å². The highest BCUT2D eigenvalue weighted by Crippen LogP contribution is 2.38. The molecule has 0 saturated heterocycles. The number of hydrogen-bond acceptors (Lipinski definition) is 5. The zero-order valence-corrected chi connectivity index (χ0v) is 18.1. The molecule has 0 fully saturated rings. The second kappa shape index (κ2) is 6.92. The van der Waals surface area contributed by atoms with Gasteiger partial charge >= 0.3 is 0 Å². The van der Waals surface area contributed by atoms with Crippen molar-refractivity contribution in [3.8, 4) is 5.75 Å². The second-order valence-corrected chi connectivity index (χ2v) is 10.0. The predicted octanol–water partition coefficient (Wildman–Crippen LogP) is 3.32. The number of hydrogen-bond donors (Lipinski definition) is 0. The summed E-state index contributed by atoms with van der Waals surface area (Å²) in [6, 6.07) is 5.66. The molecule has 0 spiro atoms. The van der Waals surface area contributed by atoms with Gasteiger partial charge in [-0.15, -0.1) is 0 Å². The molecule has 2 aliphatic heterocycles. The van der Waals surface area contributed by atoms with Crippen LogP contribution in [0.3, 0.4) is 0 Å². The SMILES string of the molecule is Cc1cc2ncnn2cc1C1=CCN(S(=O)(=O)c2cc3c(cc2C)OCC3C)CC1. The number of nitrogens with zero attached hydrogens (tertiary/aromatic N) is 4. The van der Waals surface area contributed by atoms with Crippen molar-refractivity contribution in [2.24, 2.45) is 0 Å². The molecule has 8 heteroatoms. The molecule has 1 aromatic carbocycles. The molecule has 0 aliphatic carbocycles. The number of fused-ring (bicyclic) bond motifs is 2. The first kappa shape index (κ1) is 19.3. The van der Waals surface area contributed by atoms with Crippen LogP contribution >= 0.6 is 0 Å². The van der Waals surface area contributed by atoms with E-state index in [2.05, 4.69) is 17.0 Å². The van der Waals surface area contributed by atoms with E-state index in [9.17, 15) is 8.42 Å². The maximum atomic E-state index is 13.4. The number of rotatable bonds is 3. The predicted molar refractivity (Wildman–Crippen MR) is 114 cm³/mol. The van der Waals surface area contributed by atoms with Gasteiger partial charge in [0.25, 0.3) is 0 Å². The third-order valence-electron chi connectivity index (χ3n) is 6.09. The van der Waals surface area contributed by atoms with Crippen molar-refractivity contribution in [3.05, 3.63) is 59.1 Å². The van der Waals surface area contributed by atoms with Crippen LogP contribution in [0.1, 0.15) is 41.5 Å². The van der Waals surface area contributed by atoms with Gasteiger partial charge in [-0.25, -0.2) is 17.9 Å². The molecule has 2 aliphatic rings. The molecule has 5 rings (SSSR count). The molecular weight excluding hydrogens is 400 g/mol. The van der Waals surface area contributed by atoms with E-state index in [1.807, 2.05) is 38.3 Å². The molecule has 1 unspecified atom stereocenters. The first-order valence-electron chi connectivity index (χ1n) is 10.1. The Labute approximate surface area is 176 Å². The summed E-state index contributed by atoms with van der Waals surface area (Å²) in [4.78, 5) is 4.60. The summed E-state index contributed by atoms with van der Waals surface area (Å²) >= 11 is 0. The minimum atomic E-state index is -3.57. The third kappa shape index (κ3) is 3.02. The lowest BCUT2D eigenvalue weighted by Crippen LogP contribution is -2.35. The van der Waals surface area contributed by atoms with Crippen LogP contribution in [0.5, 0.6) is 5.75 Å². The largest absolute Gasteiger partial charge is 0.493 e. The van der Waals surface area contributed by atoms with E-state index in [0.29, 0.717) is 31.0 Å². The standard InChI is InChI=1S/C22H24N4O3S/c1-14-9-22-23-13-24-26(22)11-19(14)17-4-6-25(7-5-17)30(27,28)21-10-18-16(3)12-29-20(18)8-15(21)2/h4,8-11,13,16H,5-7,12H2,1-3H3. The molecule has 3 aromatic rings. The fraction of sp³-hybridized carbons (Fsp3) is 0.364. The lowest BCUT2D eigenvalue weighted by molar-refractivity contribution is 0.337. The van der Waals surface area contributed by atoms with Gasteiger partial charge in [0.1, 0.15) is 12.1 Å². The highest BCUT2D eigenvalue weighted by Gasteiger charge is 2.31. The molecule has 2 aromatic heterocycles. The Kier molecular flexibility index (Phi) is 4.44. The van der Waals surface area contributed by atoms with E-state index in [1.165, 1.54) is 6.33 Å². The summed E-state index contributed by atoms with van der Waals surface area (Å²) in [6.07, 6.45) is 6.18. The molecule has 4 heterocycles. The van der Waals surface area contributed by atoms with Crippen LogP contribution in [0.4, 0.5) is 0 Å². The van der Waals surface area contributed by atoms with E-state index in [0.717, 1.165) is 39.2 Å². The van der Waals surface area contributed by atoms with Crippen LogP contribution in [0, 0.1) is 13.8 Å². The van der Waals surface area contributed by atoms with E-state index in [1.54, 1.807) is 14.9 Å². The van der Waals surface area contributed by atoms with Gasteiger partial charge in [-0.1, -0.05) is 13.0 Å². The molecule has 0 bridgehead atoms. The fourth-order valence-corrected chi connectivity index (χ4v) is 5.94. The Morgan fingerprint density at radius 1 is 1.17 bits per heavy atom. The first-order chi connectivity index (χ1) is 14.3. The lowest BCUT2D eigenvalue weighted by atomic mass is 9.98. The Hall–Kier alpha value is -2.71. The third-order valence-corrected chi connectivity index (χ3v) is 8.09. The number of benzene rings is 1. The van der Waals surface area contributed by atoms with Gasteiger partial charge in [-0.3, -0.25) is 0 Å². The summed E-state index contributed by atoms with van der Waals surface area (Å²) < 4.78 is 35.8. The molecule has 7 nitrogen and oxygen atoms in total. The van der Waals surface area contributed by atoms with Crippen molar-refractivity contribution in [1.82, 2.24) is 18.9 Å². The zero-order chi connectivity index (χ0) is 21.0. The minimum absolute atomic E-state index is 0.206. The van der Waals surface area contributed by atoms with Gasteiger partial charge in [-0.2, -0.15) is 9.40 Å². The number of pyridine rings is 1. The normalized spacial score (nSPS) is 19.6. The number of aryl methyl sites for hydroxylation is 2. The van der Waals surface area contributed by atoms with Gasteiger partial charge in [0.05, 0.1) is 11.5 Å². The molecule has 0 saturated carbocycles. The number of sulfonamides is 1. The van der Waals surface area contributed by atoms with E-state index in [-0.39, 0.29) is 5.92 Å². The lowest BCUT2D eigenvalue weighted by Gasteiger charge is -2.27. The number of aromatic nitrogens is 3. The topological polar surface area (TPSA) is 76.8 Å². The Bertz CT molecular complexity index is 1290. The molecule has 0 radical (unpaired) electrons. The van der Waals surface area contributed by atoms with Gasteiger partial charge in [-0.05, 0) is 60.7 Å². The van der Waals surface area contributed by atoms with Crippen molar-refractivity contribution in [1.29, 1.82) is 0 Å². The second-order valence-electron chi connectivity index (χ2n) is 8.14. The average molecular weight is 425 g/mol. The van der Waals surface area contributed by atoms with Crippen LogP contribution in [-0.4, -0.2) is 47.0 Å². The summed E-state index contributed by atoms with van der Waals surface area (Å²) in [7, 11) is -3.57. The minimum Gasteiger partial charge on any atom is -0.493 e. The maximum Gasteiger partial charge on any atom is 0.243 e. The van der Waals surface area contributed by atoms with E-state index >= 15 is 0 Å². The van der Waals surface area contributed by atoms with Crippen molar-refractivity contribution < 1.29 is 13.2 Å². The highest BCUT2D eigenvalue weighted by atomic mass is 32.2. The molecule has 0 N–H and O–H groups in total. The summed E-state index contributed by atoms with van der Waals surface area (Å²) in [5.74, 6) is 1.01. The van der Waals surface area contributed by atoms with Crippen LogP contribution in [-0.2, 0) is 10.0 Å². The van der Waals surface area contributed by atoms with Crippen molar-refractivity contribution >= 4 is 21.2 Å². The Morgan fingerprint density at radius 3 is 2.77 bits per heavy atom. The molecule has 30 heavy (non-hydrogen) atoms. The fourth-order valence-electron chi connectivity index (χ4n) is 4.32. The smallest absolute Gasteiger partial charge is 0.243 e. The van der Waals surface area contributed by atoms with Gasteiger partial charge in [0.2, 0.25) is 10.0 Å². The quantitative estimate of drug-likeness (QED) is 0.645. The van der Waals surface area contributed by atoms with Crippen molar-refractivity contribution in [2.45, 2.75) is 38.0 Å². The maximum absolute atomic E-state index is 13.4. The van der Waals surface area contributed by atoms with Gasteiger partial charge < -0.3 is 4.74 Å². The molecule has 0 amide bonds. The summed E-state index contributed by atoms with van der Waals surface area (Å²) in [6.45, 7) is 7.35. The van der Waals surface area contributed by atoms with E-state index < -0.39 is 10.0 Å². The Balaban J connectivity index is 1.45. The zero-order valence-electron chi connectivity index (χ0n) is 17.3. The van der Waals surface area contributed by atoms with E-state index in [4.69, 9.17) is 4.74 Å². The molecular formula is C22H24N4O3S. The molecule has 156 valence electrons. The molecule has 1 atom stereocenters. The van der Waals surface area contributed by atoms with Crippen LogP contribution in [0.15, 0.2) is 41.7 Å². The monoisotopic (exact) mass is 424 g/mol. The highest BCUT2D eigenvalue weighted by molar-refractivity contribution is 7.89. The Morgan fingerprint density at radius 2 is 2.00 bits per heavy atom. The summed E-state index contributed by atoms with van der Waals surface area (Å²) in [5.41, 5.74) is 5.85. The summed E-state index contributed by atoms with van der Waals surface area (Å²) in [5, 5.41) is 4.22. The van der Waals surface area contributed by atoms with Crippen molar-refractivity contribution in [2.75, 3.05) is 19.7 Å².